The van der Waals surface area contributed by atoms with E-state index in [2.05, 4.69) is 15.9 Å². The maximum atomic E-state index is 12.2. The van der Waals surface area contributed by atoms with Crippen LogP contribution in [0.5, 0.6) is 0 Å². The van der Waals surface area contributed by atoms with Crippen molar-refractivity contribution in [2.75, 3.05) is 6.73 Å². The van der Waals surface area contributed by atoms with Crippen LogP contribution >= 0.6 is 15.9 Å². The number of esters is 2. The van der Waals surface area contributed by atoms with Crippen LogP contribution in [0.1, 0.15) is 26.3 Å². The Bertz CT molecular complexity index is 511. The standard InChI is InChI=1S/C15H20BrNO4/c1-15(2,3)21-14(19)11(13(18)20-9-17)8-10-6-4-5-7-12(10)16/h4-7,11H,8-9,17H2,1-3H3/t11-/m0/s1. The van der Waals surface area contributed by atoms with Crippen molar-refractivity contribution in [3.63, 3.8) is 0 Å². The molecule has 0 spiro atoms. The fourth-order valence-electron chi connectivity index (χ4n) is 1.70. The Balaban J connectivity index is 2.95. The molecule has 6 heteroatoms. The molecule has 1 atom stereocenters. The molecule has 0 saturated heterocycles. The lowest BCUT2D eigenvalue weighted by molar-refractivity contribution is -0.169. The van der Waals surface area contributed by atoms with Gasteiger partial charge in [0, 0.05) is 4.47 Å². The molecular formula is C15H20BrNO4. The van der Waals surface area contributed by atoms with E-state index in [0.29, 0.717) is 0 Å². The Morgan fingerprint density at radius 1 is 1.24 bits per heavy atom. The first-order valence-corrected chi connectivity index (χ1v) is 7.37. The Labute approximate surface area is 132 Å². The lowest BCUT2D eigenvalue weighted by atomic mass is 9.99. The zero-order chi connectivity index (χ0) is 16.0. The smallest absolute Gasteiger partial charge is 0.321 e. The summed E-state index contributed by atoms with van der Waals surface area (Å²) in [6.45, 7) is 4.96. The van der Waals surface area contributed by atoms with Gasteiger partial charge >= 0.3 is 11.9 Å². The Hall–Kier alpha value is -1.40. The topological polar surface area (TPSA) is 78.6 Å². The van der Waals surface area contributed by atoms with Gasteiger partial charge in [-0.2, -0.15) is 0 Å². The summed E-state index contributed by atoms with van der Waals surface area (Å²) in [6, 6.07) is 7.36. The third-order valence-corrected chi connectivity index (χ3v) is 3.36. The van der Waals surface area contributed by atoms with E-state index in [9.17, 15) is 9.59 Å². The average Bonchev–Trinajstić information content (AvgIpc) is 2.35. The van der Waals surface area contributed by atoms with E-state index in [1.165, 1.54) is 0 Å². The molecule has 0 aliphatic carbocycles. The van der Waals surface area contributed by atoms with E-state index in [-0.39, 0.29) is 13.2 Å². The van der Waals surface area contributed by atoms with Gasteiger partial charge in [0.05, 0.1) is 0 Å². The molecule has 0 radical (unpaired) electrons. The Kier molecular flexibility index (Phi) is 6.36. The molecule has 21 heavy (non-hydrogen) atoms. The van der Waals surface area contributed by atoms with E-state index in [1.54, 1.807) is 20.8 Å². The zero-order valence-electron chi connectivity index (χ0n) is 12.4. The minimum absolute atomic E-state index is 0.190. The molecule has 1 aromatic rings. The van der Waals surface area contributed by atoms with E-state index < -0.39 is 23.5 Å². The molecule has 0 amide bonds. The molecule has 0 heterocycles. The fraction of sp³-hybridized carbons (Fsp3) is 0.467. The maximum absolute atomic E-state index is 12.2. The number of benzene rings is 1. The summed E-state index contributed by atoms with van der Waals surface area (Å²) in [5.41, 5.74) is 5.36. The maximum Gasteiger partial charge on any atom is 0.321 e. The van der Waals surface area contributed by atoms with E-state index in [1.807, 2.05) is 24.3 Å². The van der Waals surface area contributed by atoms with Crippen LogP contribution in [0.2, 0.25) is 0 Å². The molecule has 0 saturated carbocycles. The molecule has 0 fully saturated rings. The summed E-state index contributed by atoms with van der Waals surface area (Å²) >= 11 is 3.39. The number of carbonyl (C=O) groups excluding carboxylic acids is 2. The summed E-state index contributed by atoms with van der Waals surface area (Å²) in [7, 11) is 0. The number of ether oxygens (including phenoxy) is 2. The third-order valence-electron chi connectivity index (χ3n) is 2.58. The van der Waals surface area contributed by atoms with Gasteiger partial charge in [0.25, 0.3) is 0 Å². The molecule has 0 bridgehead atoms. The van der Waals surface area contributed by atoms with Crippen molar-refractivity contribution < 1.29 is 19.1 Å². The summed E-state index contributed by atoms with van der Waals surface area (Å²) in [4.78, 5) is 24.2. The highest BCUT2D eigenvalue weighted by atomic mass is 79.9. The van der Waals surface area contributed by atoms with Crippen molar-refractivity contribution in [2.24, 2.45) is 11.7 Å². The quantitative estimate of drug-likeness (QED) is 0.497. The highest BCUT2D eigenvalue weighted by Gasteiger charge is 2.33. The van der Waals surface area contributed by atoms with Crippen molar-refractivity contribution in [2.45, 2.75) is 32.8 Å². The molecule has 0 aliphatic rings. The minimum Gasteiger partial charge on any atom is -0.459 e. The number of carbonyl (C=O) groups is 2. The predicted molar refractivity (Wildman–Crippen MR) is 82.3 cm³/mol. The lowest BCUT2D eigenvalue weighted by Gasteiger charge is -2.23. The third kappa shape index (κ3) is 5.85. The monoisotopic (exact) mass is 357 g/mol. The van der Waals surface area contributed by atoms with Gasteiger partial charge in [0.1, 0.15) is 12.3 Å². The van der Waals surface area contributed by atoms with Gasteiger partial charge in [0.2, 0.25) is 0 Å². The summed E-state index contributed by atoms with van der Waals surface area (Å²) < 4.78 is 10.9. The lowest BCUT2D eigenvalue weighted by Crippen LogP contribution is -2.35. The first-order valence-electron chi connectivity index (χ1n) is 6.57. The summed E-state index contributed by atoms with van der Waals surface area (Å²) in [5.74, 6) is -2.33. The normalized spacial score (nSPS) is 12.6. The van der Waals surface area contributed by atoms with Gasteiger partial charge in [-0.3, -0.25) is 15.3 Å². The first-order chi connectivity index (χ1) is 9.74. The molecule has 116 valence electrons. The molecule has 1 rings (SSSR count). The highest BCUT2D eigenvalue weighted by molar-refractivity contribution is 9.10. The van der Waals surface area contributed by atoms with Crippen LogP contribution < -0.4 is 5.73 Å². The zero-order valence-corrected chi connectivity index (χ0v) is 14.0. The Morgan fingerprint density at radius 3 is 2.38 bits per heavy atom. The molecule has 0 aromatic heterocycles. The van der Waals surface area contributed by atoms with Gasteiger partial charge < -0.3 is 9.47 Å². The second kappa shape index (κ2) is 7.56. The SMILES string of the molecule is CC(C)(C)OC(=O)[C@@H](Cc1ccccc1Br)C(=O)OCN. The fourth-order valence-corrected chi connectivity index (χ4v) is 2.15. The summed E-state index contributed by atoms with van der Waals surface area (Å²) in [6.07, 6.45) is 0.190. The van der Waals surface area contributed by atoms with Gasteiger partial charge in [-0.05, 0) is 38.8 Å². The van der Waals surface area contributed by atoms with E-state index in [4.69, 9.17) is 15.2 Å². The van der Waals surface area contributed by atoms with Crippen molar-refractivity contribution >= 4 is 27.9 Å². The van der Waals surface area contributed by atoms with E-state index in [0.717, 1.165) is 10.0 Å². The molecular weight excluding hydrogens is 338 g/mol. The Morgan fingerprint density at radius 2 is 1.86 bits per heavy atom. The molecule has 0 unspecified atom stereocenters. The van der Waals surface area contributed by atoms with Crippen molar-refractivity contribution in [1.82, 2.24) is 0 Å². The minimum atomic E-state index is -1.04. The number of nitrogens with two attached hydrogens (primary N) is 1. The van der Waals surface area contributed by atoms with Gasteiger partial charge in [-0.25, -0.2) is 0 Å². The van der Waals surface area contributed by atoms with E-state index >= 15 is 0 Å². The number of rotatable bonds is 5. The van der Waals surface area contributed by atoms with Crippen molar-refractivity contribution in [1.29, 1.82) is 0 Å². The second-order valence-corrected chi connectivity index (χ2v) is 6.37. The van der Waals surface area contributed by atoms with Gasteiger partial charge in [0.15, 0.2) is 5.92 Å². The molecule has 2 N–H and O–H groups in total. The van der Waals surface area contributed by atoms with Crippen LogP contribution in [0.15, 0.2) is 28.7 Å². The number of halogens is 1. The van der Waals surface area contributed by atoms with Crippen LogP contribution in [0, 0.1) is 5.92 Å². The summed E-state index contributed by atoms with van der Waals surface area (Å²) in [5, 5.41) is 0. The van der Waals surface area contributed by atoms with Crippen molar-refractivity contribution in [3.8, 4) is 0 Å². The van der Waals surface area contributed by atoms with Crippen LogP contribution in [-0.4, -0.2) is 24.3 Å². The molecule has 5 nitrogen and oxygen atoms in total. The van der Waals surface area contributed by atoms with Crippen LogP contribution in [0.3, 0.4) is 0 Å². The highest BCUT2D eigenvalue weighted by Crippen LogP contribution is 2.22. The van der Waals surface area contributed by atoms with Crippen LogP contribution in [0.25, 0.3) is 0 Å². The van der Waals surface area contributed by atoms with Gasteiger partial charge in [-0.1, -0.05) is 34.1 Å². The average molecular weight is 358 g/mol. The number of hydrogen-bond donors (Lipinski definition) is 1. The van der Waals surface area contributed by atoms with Gasteiger partial charge in [-0.15, -0.1) is 0 Å². The van der Waals surface area contributed by atoms with Crippen LogP contribution in [0.4, 0.5) is 0 Å². The second-order valence-electron chi connectivity index (χ2n) is 5.51. The largest absolute Gasteiger partial charge is 0.459 e. The van der Waals surface area contributed by atoms with Crippen LogP contribution in [-0.2, 0) is 25.5 Å². The first kappa shape index (κ1) is 17.7. The molecule has 0 aliphatic heterocycles. The number of hydrogen-bond acceptors (Lipinski definition) is 5. The van der Waals surface area contributed by atoms with Crippen molar-refractivity contribution in [3.05, 3.63) is 34.3 Å². The molecule has 1 aromatic carbocycles. The predicted octanol–water partition coefficient (Wildman–Crippen LogP) is 2.41.